The summed E-state index contributed by atoms with van der Waals surface area (Å²) in [6.07, 6.45) is 3.64. The van der Waals surface area contributed by atoms with Crippen LogP contribution in [0.15, 0.2) is 18.2 Å². The first-order valence-electron chi connectivity index (χ1n) is 5.96. The third-order valence-electron chi connectivity index (χ3n) is 3.43. The van der Waals surface area contributed by atoms with E-state index in [9.17, 15) is 0 Å². The van der Waals surface area contributed by atoms with Gasteiger partial charge in [-0.25, -0.2) is 0 Å². The first-order chi connectivity index (χ1) is 8.00. The second kappa shape index (κ2) is 4.58. The molecule has 1 aromatic carbocycles. The second-order valence-corrected chi connectivity index (χ2v) is 5.96. The monoisotopic (exact) mass is 248 g/mol. The molecule has 0 heterocycles. The summed E-state index contributed by atoms with van der Waals surface area (Å²) < 4.78 is 0. The summed E-state index contributed by atoms with van der Waals surface area (Å²) >= 11 is 6.01. The lowest BCUT2D eigenvalue weighted by molar-refractivity contribution is 0.378. The van der Waals surface area contributed by atoms with Crippen LogP contribution >= 0.6 is 11.6 Å². The number of nitrogens with zero attached hydrogens (tertiary/aromatic N) is 1. The number of hydrogen-bond acceptors (Lipinski definition) is 2. The topological polar surface area (TPSA) is 35.8 Å². The normalized spacial score (nSPS) is 22.1. The molecule has 3 heteroatoms. The Morgan fingerprint density at radius 1 is 1.47 bits per heavy atom. The first-order valence-corrected chi connectivity index (χ1v) is 6.34. The summed E-state index contributed by atoms with van der Waals surface area (Å²) in [4.78, 5) is 0. The minimum absolute atomic E-state index is 0.439. The summed E-state index contributed by atoms with van der Waals surface area (Å²) in [7, 11) is 0. The zero-order valence-electron chi connectivity index (χ0n) is 10.3. The predicted molar refractivity (Wildman–Crippen MR) is 71.2 cm³/mol. The molecule has 0 radical (unpaired) electrons. The predicted octanol–water partition coefficient (Wildman–Crippen LogP) is 4.20. The van der Waals surface area contributed by atoms with E-state index in [2.05, 4.69) is 25.2 Å². The van der Waals surface area contributed by atoms with Crippen LogP contribution in [0.25, 0.3) is 0 Å². The highest BCUT2D eigenvalue weighted by Crippen LogP contribution is 2.38. The van der Waals surface area contributed by atoms with E-state index in [0.717, 1.165) is 5.69 Å². The molecule has 0 saturated heterocycles. The van der Waals surface area contributed by atoms with Crippen molar-refractivity contribution in [2.45, 2.75) is 39.2 Å². The number of nitriles is 1. The van der Waals surface area contributed by atoms with Crippen LogP contribution in [0.1, 0.15) is 38.7 Å². The van der Waals surface area contributed by atoms with Crippen molar-refractivity contribution in [3.05, 3.63) is 28.8 Å². The molecule has 1 aromatic rings. The maximum Gasteiger partial charge on any atom is 0.101 e. The molecule has 0 bridgehead atoms. The van der Waals surface area contributed by atoms with Crippen LogP contribution < -0.4 is 5.32 Å². The molecule has 90 valence electrons. The summed E-state index contributed by atoms with van der Waals surface area (Å²) in [6, 6.07) is 8.13. The Balaban J connectivity index is 2.06. The van der Waals surface area contributed by atoms with E-state index in [0.29, 0.717) is 22.0 Å². The van der Waals surface area contributed by atoms with Crippen LogP contribution in [-0.2, 0) is 0 Å². The highest BCUT2D eigenvalue weighted by molar-refractivity contribution is 6.32. The average Bonchev–Trinajstić information content (AvgIpc) is 2.58. The average molecular weight is 249 g/mol. The van der Waals surface area contributed by atoms with Crippen molar-refractivity contribution in [2.24, 2.45) is 5.41 Å². The van der Waals surface area contributed by atoms with Gasteiger partial charge in [-0.05, 0) is 42.9 Å². The van der Waals surface area contributed by atoms with Crippen LogP contribution in [0.3, 0.4) is 0 Å². The number of halogens is 1. The number of hydrogen-bond donors (Lipinski definition) is 1. The van der Waals surface area contributed by atoms with Crippen LogP contribution in [-0.4, -0.2) is 6.04 Å². The molecule has 1 N–H and O–H groups in total. The number of benzene rings is 1. The number of rotatable bonds is 2. The van der Waals surface area contributed by atoms with Crippen molar-refractivity contribution in [2.75, 3.05) is 5.32 Å². The fourth-order valence-corrected chi connectivity index (χ4v) is 2.71. The maximum absolute atomic E-state index is 8.81. The summed E-state index contributed by atoms with van der Waals surface area (Å²) in [5.41, 5.74) is 1.98. The molecule has 2 rings (SSSR count). The molecule has 1 unspecified atom stereocenters. The lowest BCUT2D eigenvalue weighted by atomic mass is 9.92. The Kier molecular flexibility index (Phi) is 3.31. The van der Waals surface area contributed by atoms with E-state index in [-0.39, 0.29) is 0 Å². The molecule has 2 nitrogen and oxygen atoms in total. The van der Waals surface area contributed by atoms with Crippen LogP contribution in [0, 0.1) is 16.7 Å². The fourth-order valence-electron chi connectivity index (χ4n) is 2.49. The van der Waals surface area contributed by atoms with E-state index in [1.165, 1.54) is 19.3 Å². The summed E-state index contributed by atoms with van der Waals surface area (Å²) in [5.74, 6) is 0. The van der Waals surface area contributed by atoms with Crippen LogP contribution in [0.2, 0.25) is 5.02 Å². The van der Waals surface area contributed by atoms with Gasteiger partial charge in [-0.3, -0.25) is 0 Å². The van der Waals surface area contributed by atoms with E-state index in [1.807, 2.05) is 12.1 Å². The molecule has 1 aliphatic carbocycles. The summed E-state index contributed by atoms with van der Waals surface area (Å²) in [5, 5.41) is 12.8. The van der Waals surface area contributed by atoms with Crippen LogP contribution in [0.5, 0.6) is 0 Å². The van der Waals surface area contributed by atoms with Gasteiger partial charge in [0.25, 0.3) is 0 Å². The van der Waals surface area contributed by atoms with Gasteiger partial charge in [-0.2, -0.15) is 5.26 Å². The van der Waals surface area contributed by atoms with Gasteiger partial charge in [0.05, 0.1) is 10.6 Å². The van der Waals surface area contributed by atoms with Gasteiger partial charge >= 0.3 is 0 Å². The molecular formula is C14H17ClN2. The van der Waals surface area contributed by atoms with Gasteiger partial charge in [0, 0.05) is 11.7 Å². The molecule has 0 aliphatic heterocycles. The van der Waals surface area contributed by atoms with E-state index < -0.39 is 0 Å². The Bertz CT molecular complexity index is 460. The molecule has 0 spiro atoms. The smallest absolute Gasteiger partial charge is 0.101 e. The number of nitrogens with one attached hydrogen (secondary N) is 1. The lowest BCUT2D eigenvalue weighted by Crippen LogP contribution is -2.17. The van der Waals surface area contributed by atoms with E-state index in [1.54, 1.807) is 6.07 Å². The lowest BCUT2D eigenvalue weighted by Gasteiger charge is -2.18. The molecule has 1 saturated carbocycles. The zero-order valence-corrected chi connectivity index (χ0v) is 11.0. The van der Waals surface area contributed by atoms with Crippen LogP contribution in [0.4, 0.5) is 5.69 Å². The van der Waals surface area contributed by atoms with Crippen molar-refractivity contribution in [1.82, 2.24) is 0 Å². The van der Waals surface area contributed by atoms with Gasteiger partial charge < -0.3 is 5.32 Å². The molecule has 0 amide bonds. The van der Waals surface area contributed by atoms with Gasteiger partial charge in [-0.15, -0.1) is 0 Å². The van der Waals surface area contributed by atoms with Crippen molar-refractivity contribution in [1.29, 1.82) is 5.26 Å². The van der Waals surface area contributed by atoms with Gasteiger partial charge in [0.15, 0.2) is 0 Å². The third kappa shape index (κ3) is 2.92. The quantitative estimate of drug-likeness (QED) is 0.851. The van der Waals surface area contributed by atoms with Crippen molar-refractivity contribution >= 4 is 17.3 Å². The highest BCUT2D eigenvalue weighted by Gasteiger charge is 2.30. The van der Waals surface area contributed by atoms with E-state index in [4.69, 9.17) is 16.9 Å². The molecule has 17 heavy (non-hydrogen) atoms. The van der Waals surface area contributed by atoms with Gasteiger partial charge in [0.2, 0.25) is 0 Å². The fraction of sp³-hybridized carbons (Fsp3) is 0.500. The molecule has 1 fully saturated rings. The van der Waals surface area contributed by atoms with Gasteiger partial charge in [-0.1, -0.05) is 25.4 Å². The standard InChI is InChI=1S/C14H17ClN2/c1-14(2)6-5-12(8-14)17-11-4-3-10(9-16)13(15)7-11/h3-4,7,12,17H,5-6,8H2,1-2H3. The van der Waals surface area contributed by atoms with Gasteiger partial charge in [0.1, 0.15) is 6.07 Å². The first kappa shape index (κ1) is 12.3. The Labute approximate surface area is 108 Å². The minimum atomic E-state index is 0.439. The highest BCUT2D eigenvalue weighted by atomic mass is 35.5. The second-order valence-electron chi connectivity index (χ2n) is 5.55. The molecule has 0 aromatic heterocycles. The zero-order chi connectivity index (χ0) is 12.5. The largest absolute Gasteiger partial charge is 0.382 e. The third-order valence-corrected chi connectivity index (χ3v) is 3.74. The molecular weight excluding hydrogens is 232 g/mol. The maximum atomic E-state index is 8.81. The van der Waals surface area contributed by atoms with E-state index >= 15 is 0 Å². The Morgan fingerprint density at radius 2 is 2.24 bits per heavy atom. The Morgan fingerprint density at radius 3 is 2.76 bits per heavy atom. The van der Waals surface area contributed by atoms with Crippen molar-refractivity contribution < 1.29 is 0 Å². The minimum Gasteiger partial charge on any atom is -0.382 e. The molecule has 1 atom stereocenters. The van der Waals surface area contributed by atoms with Crippen molar-refractivity contribution in [3.8, 4) is 6.07 Å². The number of anilines is 1. The Hall–Kier alpha value is -1.20. The SMILES string of the molecule is CC1(C)CCC(Nc2ccc(C#N)c(Cl)c2)C1. The summed E-state index contributed by atoms with van der Waals surface area (Å²) in [6.45, 7) is 4.61. The van der Waals surface area contributed by atoms with Crippen molar-refractivity contribution in [3.63, 3.8) is 0 Å². The molecule has 1 aliphatic rings.